The molecule has 0 aromatic heterocycles. The molecule has 0 aliphatic rings. The molecule has 19 heavy (non-hydrogen) atoms. The molecule has 0 saturated heterocycles. The van der Waals surface area contributed by atoms with Crippen molar-refractivity contribution in [1.29, 1.82) is 0 Å². The van der Waals surface area contributed by atoms with Crippen LogP contribution >= 0.6 is 0 Å². The predicted molar refractivity (Wildman–Crippen MR) is 82.9 cm³/mol. The van der Waals surface area contributed by atoms with Gasteiger partial charge in [-0.15, -0.1) is 0 Å². The van der Waals surface area contributed by atoms with Gasteiger partial charge in [0.1, 0.15) is 0 Å². The Balaban J connectivity index is 3.55. The van der Waals surface area contributed by atoms with Crippen LogP contribution in [0, 0.1) is 13.8 Å². The van der Waals surface area contributed by atoms with E-state index < -0.39 is 18.9 Å². The van der Waals surface area contributed by atoms with Gasteiger partial charge >= 0.3 is 0 Å². The zero-order chi connectivity index (χ0) is 14.8. The SMILES string of the molecule is CCCCc1c(C)cc(S(=O)(=O)O)c([SiH](C)C)c1C. The van der Waals surface area contributed by atoms with E-state index in [0.29, 0.717) is 0 Å². The van der Waals surface area contributed by atoms with E-state index in [-0.39, 0.29) is 4.90 Å². The maximum absolute atomic E-state index is 11.6. The summed E-state index contributed by atoms with van der Waals surface area (Å²) in [6.07, 6.45) is 3.20. The molecule has 108 valence electrons. The van der Waals surface area contributed by atoms with Crippen molar-refractivity contribution in [2.24, 2.45) is 0 Å². The molecule has 0 saturated carbocycles. The quantitative estimate of drug-likeness (QED) is 0.672. The van der Waals surface area contributed by atoms with E-state index in [9.17, 15) is 13.0 Å². The van der Waals surface area contributed by atoms with Crippen molar-refractivity contribution in [1.82, 2.24) is 0 Å². The molecule has 1 N–H and O–H groups in total. The Hall–Kier alpha value is -0.653. The molecular formula is C14H24O3SSi. The first-order valence-corrected chi connectivity index (χ1v) is 11.1. The molecule has 0 spiro atoms. The van der Waals surface area contributed by atoms with E-state index in [2.05, 4.69) is 20.0 Å². The second-order valence-corrected chi connectivity index (χ2v) is 9.72. The van der Waals surface area contributed by atoms with Crippen molar-refractivity contribution in [3.05, 3.63) is 22.8 Å². The molecule has 0 bridgehead atoms. The molecule has 0 radical (unpaired) electrons. The maximum Gasteiger partial charge on any atom is 0.294 e. The van der Waals surface area contributed by atoms with Crippen LogP contribution in [0.1, 0.15) is 36.5 Å². The van der Waals surface area contributed by atoms with E-state index in [4.69, 9.17) is 0 Å². The lowest BCUT2D eigenvalue weighted by Crippen LogP contribution is -2.32. The van der Waals surface area contributed by atoms with E-state index in [1.807, 2.05) is 13.8 Å². The fraction of sp³-hybridized carbons (Fsp3) is 0.571. The van der Waals surface area contributed by atoms with E-state index in [1.54, 1.807) is 6.07 Å². The van der Waals surface area contributed by atoms with Crippen molar-refractivity contribution in [3.8, 4) is 0 Å². The fourth-order valence-electron chi connectivity index (χ4n) is 2.67. The molecule has 0 aliphatic carbocycles. The first kappa shape index (κ1) is 16.4. The number of aryl methyl sites for hydroxylation is 1. The highest BCUT2D eigenvalue weighted by atomic mass is 32.2. The first-order chi connectivity index (χ1) is 8.70. The van der Waals surface area contributed by atoms with Crippen molar-refractivity contribution in [2.45, 2.75) is 58.0 Å². The Morgan fingerprint density at radius 1 is 1.26 bits per heavy atom. The number of rotatable bonds is 5. The molecule has 0 heterocycles. The van der Waals surface area contributed by atoms with Gasteiger partial charge in [-0.2, -0.15) is 8.42 Å². The van der Waals surface area contributed by atoms with Crippen molar-refractivity contribution in [3.63, 3.8) is 0 Å². The van der Waals surface area contributed by atoms with Crippen LogP contribution in [0.25, 0.3) is 0 Å². The lowest BCUT2D eigenvalue weighted by atomic mass is 9.98. The summed E-state index contributed by atoms with van der Waals surface area (Å²) in [7, 11) is -5.46. The molecule has 1 aromatic rings. The predicted octanol–water partition coefficient (Wildman–Crippen LogP) is 2.59. The van der Waals surface area contributed by atoms with Crippen molar-refractivity contribution < 1.29 is 13.0 Å². The third-order valence-electron chi connectivity index (χ3n) is 3.58. The van der Waals surface area contributed by atoms with Gasteiger partial charge in [-0.05, 0) is 54.6 Å². The third-order valence-corrected chi connectivity index (χ3v) is 6.58. The summed E-state index contributed by atoms with van der Waals surface area (Å²) in [6, 6.07) is 1.65. The standard InChI is InChI=1S/C14H24O3SSi/c1-6-7-8-12-10(2)9-13(18(15,16)17)14(11(12)3)19(4)5/h9,19H,6-8H2,1-5H3,(H,15,16,17). The van der Waals surface area contributed by atoms with Gasteiger partial charge < -0.3 is 0 Å². The molecule has 0 aliphatic heterocycles. The highest BCUT2D eigenvalue weighted by molar-refractivity contribution is 7.86. The summed E-state index contributed by atoms with van der Waals surface area (Å²) in [5, 5.41) is 0.888. The molecule has 5 heteroatoms. The minimum Gasteiger partial charge on any atom is -0.282 e. The summed E-state index contributed by atoms with van der Waals surface area (Å²) in [5.41, 5.74) is 3.30. The van der Waals surface area contributed by atoms with Gasteiger partial charge in [-0.3, -0.25) is 4.55 Å². The Morgan fingerprint density at radius 3 is 2.26 bits per heavy atom. The van der Waals surface area contributed by atoms with Gasteiger partial charge in [0, 0.05) is 0 Å². The molecular weight excluding hydrogens is 276 g/mol. The summed E-state index contributed by atoms with van der Waals surface area (Å²) in [5.74, 6) is 0. The van der Waals surface area contributed by atoms with Crippen LogP contribution in [-0.4, -0.2) is 21.8 Å². The monoisotopic (exact) mass is 300 g/mol. The molecule has 0 unspecified atom stereocenters. The Kier molecular flexibility index (Phi) is 5.35. The molecule has 0 fully saturated rings. The summed E-state index contributed by atoms with van der Waals surface area (Å²) < 4.78 is 32.6. The molecule has 1 aromatic carbocycles. The van der Waals surface area contributed by atoms with E-state index in [0.717, 1.165) is 35.6 Å². The zero-order valence-electron chi connectivity index (χ0n) is 12.4. The smallest absolute Gasteiger partial charge is 0.282 e. The van der Waals surface area contributed by atoms with Crippen LogP contribution in [0.15, 0.2) is 11.0 Å². The Morgan fingerprint density at radius 2 is 1.84 bits per heavy atom. The fourth-order valence-corrected chi connectivity index (χ4v) is 6.28. The normalized spacial score (nSPS) is 12.2. The third kappa shape index (κ3) is 3.67. The molecule has 3 nitrogen and oxygen atoms in total. The minimum absolute atomic E-state index is 0.129. The van der Waals surface area contributed by atoms with Gasteiger partial charge in [-0.25, -0.2) is 0 Å². The van der Waals surface area contributed by atoms with Gasteiger partial charge in [0.15, 0.2) is 0 Å². The molecule has 1 rings (SSSR count). The maximum atomic E-state index is 11.6. The summed E-state index contributed by atoms with van der Waals surface area (Å²) in [6.45, 7) is 10.3. The largest absolute Gasteiger partial charge is 0.294 e. The number of benzene rings is 1. The second kappa shape index (κ2) is 6.20. The van der Waals surface area contributed by atoms with Gasteiger partial charge in [0.25, 0.3) is 10.1 Å². The Labute approximate surface area is 118 Å². The second-order valence-electron chi connectivity index (χ2n) is 5.44. The van der Waals surface area contributed by atoms with Gasteiger partial charge in [0.05, 0.1) is 13.7 Å². The van der Waals surface area contributed by atoms with Crippen LogP contribution in [0.2, 0.25) is 13.1 Å². The highest BCUT2D eigenvalue weighted by Gasteiger charge is 2.22. The minimum atomic E-state index is -4.13. The zero-order valence-corrected chi connectivity index (χ0v) is 14.4. The average molecular weight is 300 g/mol. The van der Waals surface area contributed by atoms with Crippen LogP contribution in [-0.2, 0) is 16.5 Å². The first-order valence-electron chi connectivity index (χ1n) is 6.80. The molecule has 0 amide bonds. The van der Waals surface area contributed by atoms with Gasteiger partial charge in [-0.1, -0.05) is 26.4 Å². The van der Waals surface area contributed by atoms with Crippen LogP contribution in [0.4, 0.5) is 0 Å². The Bertz CT molecular complexity index is 563. The average Bonchev–Trinajstić information content (AvgIpc) is 2.26. The molecule has 0 atom stereocenters. The number of unbranched alkanes of at least 4 members (excludes halogenated alkanes) is 1. The summed E-state index contributed by atoms with van der Waals surface area (Å²) >= 11 is 0. The lowest BCUT2D eigenvalue weighted by Gasteiger charge is -2.19. The summed E-state index contributed by atoms with van der Waals surface area (Å²) in [4.78, 5) is 0.129. The van der Waals surface area contributed by atoms with Crippen LogP contribution < -0.4 is 5.19 Å². The van der Waals surface area contributed by atoms with Crippen molar-refractivity contribution in [2.75, 3.05) is 0 Å². The van der Waals surface area contributed by atoms with Crippen LogP contribution in [0.5, 0.6) is 0 Å². The highest BCUT2D eigenvalue weighted by Crippen LogP contribution is 2.21. The van der Waals surface area contributed by atoms with Gasteiger partial charge in [0.2, 0.25) is 0 Å². The van der Waals surface area contributed by atoms with Crippen molar-refractivity contribution >= 4 is 24.1 Å². The topological polar surface area (TPSA) is 54.4 Å². The van der Waals surface area contributed by atoms with E-state index >= 15 is 0 Å². The lowest BCUT2D eigenvalue weighted by molar-refractivity contribution is 0.483. The number of hydrogen-bond acceptors (Lipinski definition) is 2. The van der Waals surface area contributed by atoms with E-state index in [1.165, 1.54) is 5.56 Å². The van der Waals surface area contributed by atoms with Crippen LogP contribution in [0.3, 0.4) is 0 Å². The number of hydrogen-bond donors (Lipinski definition) is 1.